The fraction of sp³-hybridized carbons (Fsp3) is 0.188. The van der Waals surface area contributed by atoms with Gasteiger partial charge in [-0.2, -0.15) is 0 Å². The minimum Gasteiger partial charge on any atom is -0.545 e. The molecule has 0 fully saturated rings. The molecule has 4 rings (SSSR count). The third-order valence-corrected chi connectivity index (χ3v) is 5.53. The molecule has 0 radical (unpaired) electrons. The van der Waals surface area contributed by atoms with Crippen LogP contribution in [0.15, 0.2) is 109 Å². The van der Waals surface area contributed by atoms with Gasteiger partial charge in [-0.05, 0) is 25.0 Å². The molecule has 0 bridgehead atoms. The normalized spacial score (nSPS) is 11.2. The molecule has 40 heavy (non-hydrogen) atoms. The second-order valence-electron chi connectivity index (χ2n) is 8.33. The quantitative estimate of drug-likeness (QED) is 0.281. The average Bonchev–Trinajstić information content (AvgIpc) is 2.98. The number of benzene rings is 4. The summed E-state index contributed by atoms with van der Waals surface area (Å²) in [5.41, 5.74) is 11.4. The van der Waals surface area contributed by atoms with Gasteiger partial charge in [0.15, 0.2) is 12.1 Å². The molecule has 212 valence electrons. The van der Waals surface area contributed by atoms with Gasteiger partial charge < -0.3 is 41.5 Å². The van der Waals surface area contributed by atoms with Crippen LogP contribution in [-0.2, 0) is 0 Å². The lowest BCUT2D eigenvalue weighted by Crippen LogP contribution is -2.68. The van der Waals surface area contributed by atoms with Gasteiger partial charge in [0.05, 0.1) is 11.9 Å². The molecule has 4 aromatic rings. The van der Waals surface area contributed by atoms with E-state index in [1.54, 1.807) is 38.1 Å². The highest BCUT2D eigenvalue weighted by Crippen LogP contribution is 2.26. The molecule has 2 atom stereocenters. The smallest absolute Gasteiger partial charge is 0.167 e. The van der Waals surface area contributed by atoms with E-state index in [9.17, 15) is 19.8 Å². The number of aliphatic hydroxyl groups excluding tert-OH is 2. The van der Waals surface area contributed by atoms with E-state index in [1.165, 1.54) is 35.4 Å². The summed E-state index contributed by atoms with van der Waals surface area (Å²) in [7, 11) is 0. The van der Waals surface area contributed by atoms with E-state index in [2.05, 4.69) is 35.7 Å². The first-order chi connectivity index (χ1) is 19.2. The van der Waals surface area contributed by atoms with Crippen molar-refractivity contribution in [2.75, 3.05) is 13.2 Å². The molecule has 4 aromatic carbocycles. The predicted molar refractivity (Wildman–Crippen MR) is 150 cm³/mol. The van der Waals surface area contributed by atoms with E-state index in [0.29, 0.717) is 11.1 Å². The molecule has 0 aliphatic rings. The molecular weight excluding hydrogens is 508 g/mol. The summed E-state index contributed by atoms with van der Waals surface area (Å²) in [4.78, 5) is 22.0. The van der Waals surface area contributed by atoms with Crippen LogP contribution in [0.3, 0.4) is 0 Å². The van der Waals surface area contributed by atoms with Crippen molar-refractivity contribution in [1.29, 1.82) is 0 Å². The zero-order valence-corrected chi connectivity index (χ0v) is 22.9. The summed E-state index contributed by atoms with van der Waals surface area (Å²) < 4.78 is 0. The Morgan fingerprint density at radius 3 is 1.10 bits per heavy atom. The molecule has 0 spiro atoms. The number of carbonyl (C=O) groups excluding carboxylic acids is 2. The van der Waals surface area contributed by atoms with Gasteiger partial charge in [0.25, 0.3) is 0 Å². The van der Waals surface area contributed by atoms with Crippen molar-refractivity contribution in [3.8, 4) is 11.1 Å². The Kier molecular flexibility index (Phi) is 15.9. The van der Waals surface area contributed by atoms with Gasteiger partial charge in [0, 0.05) is 35.5 Å². The number of quaternary nitrogens is 2. The molecular formula is C32H38N2O6. The summed E-state index contributed by atoms with van der Waals surface area (Å²) in [6.07, 6.45) is 0. The van der Waals surface area contributed by atoms with Gasteiger partial charge in [0.1, 0.15) is 0 Å². The van der Waals surface area contributed by atoms with Crippen molar-refractivity contribution >= 4 is 11.9 Å². The van der Waals surface area contributed by atoms with Crippen LogP contribution in [0.1, 0.15) is 57.8 Å². The first kappa shape index (κ1) is 33.7. The highest BCUT2D eigenvalue weighted by Gasteiger charge is 2.23. The van der Waals surface area contributed by atoms with Crippen molar-refractivity contribution in [1.82, 2.24) is 0 Å². The molecule has 0 saturated heterocycles. The number of hydrogen-bond donors (Lipinski definition) is 4. The van der Waals surface area contributed by atoms with Crippen molar-refractivity contribution in [3.63, 3.8) is 0 Å². The third kappa shape index (κ3) is 10.8. The van der Waals surface area contributed by atoms with Crippen LogP contribution < -0.4 is 21.7 Å². The van der Waals surface area contributed by atoms with Gasteiger partial charge in [-0.15, -0.1) is 0 Å². The van der Waals surface area contributed by atoms with Gasteiger partial charge in [-0.25, -0.2) is 0 Å². The minimum atomic E-state index is -1.35. The Bertz CT molecular complexity index is 1180. The standard InChI is InChI=1S/C14H16N2.C14H10O4.2C2H6O/c15-13(11-7-3-1-4-8-11)14(16)12-9-5-2-6-10-12;15-13(16)11-7-3-1-5-9(11)10-6-2-4-8-12(10)14(17)18;2*1-2-3/h1-10,13-14H,15-16H2;1-8H,(H,15,16)(H,17,18);2*3H,2H2,1H3/t13-,14-;;;/m1.../s1. The Morgan fingerprint density at radius 1 is 0.575 bits per heavy atom. The number of carbonyl (C=O) groups is 2. The number of rotatable bonds is 6. The second kappa shape index (κ2) is 18.8. The van der Waals surface area contributed by atoms with Gasteiger partial charge in [-0.3, -0.25) is 0 Å². The van der Waals surface area contributed by atoms with Crippen LogP contribution in [0.5, 0.6) is 0 Å². The average molecular weight is 547 g/mol. The largest absolute Gasteiger partial charge is 0.545 e. The SMILES string of the molecule is CCO.CCO.O=C([O-])c1ccccc1-c1ccccc1C(=O)[O-].[NH3+][C@H](c1ccccc1)[C@H]([NH3+])c1ccccc1. The van der Waals surface area contributed by atoms with E-state index < -0.39 is 11.9 Å². The Hall–Kier alpha value is -4.34. The molecule has 0 aliphatic heterocycles. The summed E-state index contributed by atoms with van der Waals surface area (Å²) >= 11 is 0. The highest BCUT2D eigenvalue weighted by molar-refractivity contribution is 6.00. The summed E-state index contributed by atoms with van der Waals surface area (Å²) in [5.74, 6) is -2.70. The van der Waals surface area contributed by atoms with E-state index in [4.69, 9.17) is 10.2 Å². The molecule has 0 saturated carbocycles. The maximum Gasteiger partial charge on any atom is 0.167 e. The van der Waals surface area contributed by atoms with E-state index in [1.807, 2.05) is 36.4 Å². The molecule has 8 nitrogen and oxygen atoms in total. The minimum absolute atomic E-state index is 0.0498. The van der Waals surface area contributed by atoms with Crippen molar-refractivity contribution in [2.45, 2.75) is 25.9 Å². The lowest BCUT2D eigenvalue weighted by molar-refractivity contribution is -0.540. The predicted octanol–water partition coefficient (Wildman–Crippen LogP) is 1.03. The Labute approximate surface area is 235 Å². The maximum atomic E-state index is 11.0. The van der Waals surface area contributed by atoms with Crippen molar-refractivity contribution in [2.24, 2.45) is 0 Å². The van der Waals surface area contributed by atoms with Crippen molar-refractivity contribution in [3.05, 3.63) is 131 Å². The van der Waals surface area contributed by atoms with Crippen LogP contribution in [0, 0.1) is 0 Å². The summed E-state index contributed by atoms with van der Waals surface area (Å²) in [6.45, 7) is 3.86. The molecule has 0 heterocycles. The lowest BCUT2D eigenvalue weighted by atomic mass is 9.95. The zero-order valence-electron chi connectivity index (χ0n) is 22.9. The van der Waals surface area contributed by atoms with Crippen LogP contribution in [0.4, 0.5) is 0 Å². The second-order valence-corrected chi connectivity index (χ2v) is 8.33. The van der Waals surface area contributed by atoms with Gasteiger partial charge in [0.2, 0.25) is 0 Å². The molecule has 0 aromatic heterocycles. The van der Waals surface area contributed by atoms with E-state index in [0.717, 1.165) is 0 Å². The number of carboxylic acid groups (broad SMARTS) is 2. The fourth-order valence-corrected chi connectivity index (χ4v) is 3.66. The first-order valence-electron chi connectivity index (χ1n) is 12.8. The van der Waals surface area contributed by atoms with Crippen molar-refractivity contribution < 1.29 is 41.5 Å². The van der Waals surface area contributed by atoms with Crippen LogP contribution >= 0.6 is 0 Å². The molecule has 8 N–H and O–H groups in total. The number of hydrogen-bond acceptors (Lipinski definition) is 6. The van der Waals surface area contributed by atoms with Gasteiger partial charge in [-0.1, -0.05) is 109 Å². The van der Waals surface area contributed by atoms with Crippen LogP contribution in [-0.4, -0.2) is 35.4 Å². The van der Waals surface area contributed by atoms with E-state index in [-0.39, 0.29) is 36.4 Å². The lowest BCUT2D eigenvalue weighted by Gasteiger charge is -2.14. The molecule has 0 amide bonds. The molecule has 0 unspecified atom stereocenters. The number of aliphatic hydroxyl groups is 2. The summed E-state index contributed by atoms with van der Waals surface area (Å²) in [6, 6.07) is 33.3. The maximum absolute atomic E-state index is 11.0. The Balaban J connectivity index is 0.000000336. The summed E-state index contributed by atoms with van der Waals surface area (Å²) in [5, 5.41) is 37.1. The highest BCUT2D eigenvalue weighted by atomic mass is 16.4. The number of carboxylic acids is 2. The zero-order chi connectivity index (χ0) is 29.9. The topological polar surface area (TPSA) is 176 Å². The van der Waals surface area contributed by atoms with E-state index >= 15 is 0 Å². The molecule has 0 aliphatic carbocycles. The first-order valence-corrected chi connectivity index (χ1v) is 12.8. The van der Waals surface area contributed by atoms with Gasteiger partial charge >= 0.3 is 0 Å². The molecule has 8 heteroatoms. The van der Waals surface area contributed by atoms with Crippen LogP contribution in [0.25, 0.3) is 11.1 Å². The monoisotopic (exact) mass is 546 g/mol. The fourth-order valence-electron chi connectivity index (χ4n) is 3.66. The number of aromatic carboxylic acids is 2. The third-order valence-electron chi connectivity index (χ3n) is 5.53. The Morgan fingerprint density at radius 2 is 0.825 bits per heavy atom. The van der Waals surface area contributed by atoms with Crippen LogP contribution in [0.2, 0.25) is 0 Å².